The predicted octanol–water partition coefficient (Wildman–Crippen LogP) is 3.86. The maximum atomic E-state index is 13.0. The zero-order valence-corrected chi connectivity index (χ0v) is 19.3. The summed E-state index contributed by atoms with van der Waals surface area (Å²) in [5, 5.41) is 3.62. The molecule has 0 saturated heterocycles. The van der Waals surface area contributed by atoms with Gasteiger partial charge in [-0.25, -0.2) is 13.2 Å². The number of nitrogens with zero attached hydrogens (tertiary/aromatic N) is 1. The topological polar surface area (TPSA) is 92.8 Å². The molecule has 1 N–H and O–H groups in total. The van der Waals surface area contributed by atoms with E-state index in [1.165, 1.54) is 37.5 Å². The number of carbonyl (C=O) groups is 2. The molecule has 1 heterocycles. The van der Waals surface area contributed by atoms with Gasteiger partial charge in [-0.3, -0.25) is 9.10 Å². The first-order valence-corrected chi connectivity index (χ1v) is 12.5. The van der Waals surface area contributed by atoms with Crippen LogP contribution in [0.4, 0.5) is 10.7 Å². The Kier molecular flexibility index (Phi) is 6.74. The lowest BCUT2D eigenvalue weighted by molar-refractivity contribution is -0.116. The molecule has 3 rings (SSSR count). The molecular formula is C20H23ClN2O5S2. The molecule has 1 aromatic carbocycles. The monoisotopic (exact) mass is 470 g/mol. The minimum absolute atomic E-state index is 0.322. The number of nitrogens with one attached hydrogen (secondary N) is 1. The summed E-state index contributed by atoms with van der Waals surface area (Å²) in [4.78, 5) is 26.5. The summed E-state index contributed by atoms with van der Waals surface area (Å²) in [6, 6.07) is 5.14. The summed E-state index contributed by atoms with van der Waals surface area (Å²) in [6.07, 6.45) is 4.62. The number of amides is 1. The van der Waals surface area contributed by atoms with Crippen LogP contribution in [0.5, 0.6) is 0 Å². The molecule has 0 aliphatic heterocycles. The van der Waals surface area contributed by atoms with Crippen molar-refractivity contribution in [2.24, 2.45) is 0 Å². The van der Waals surface area contributed by atoms with E-state index in [-0.39, 0.29) is 0 Å². The van der Waals surface area contributed by atoms with Crippen LogP contribution in [0.25, 0.3) is 0 Å². The number of thiophene rings is 1. The molecule has 0 saturated carbocycles. The van der Waals surface area contributed by atoms with E-state index in [1.54, 1.807) is 12.1 Å². The van der Waals surface area contributed by atoms with Crippen LogP contribution in [0.15, 0.2) is 24.3 Å². The lowest BCUT2D eigenvalue weighted by Gasteiger charge is -2.28. The molecule has 1 atom stereocenters. The quantitative estimate of drug-likeness (QED) is 0.647. The molecule has 7 nitrogen and oxygen atoms in total. The van der Waals surface area contributed by atoms with E-state index < -0.39 is 27.9 Å². The van der Waals surface area contributed by atoms with Gasteiger partial charge in [0.1, 0.15) is 11.0 Å². The first-order valence-electron chi connectivity index (χ1n) is 9.42. The third-order valence-corrected chi connectivity index (χ3v) is 7.67. The Morgan fingerprint density at radius 2 is 1.83 bits per heavy atom. The Labute approximate surface area is 185 Å². The van der Waals surface area contributed by atoms with E-state index in [4.69, 9.17) is 16.3 Å². The van der Waals surface area contributed by atoms with Crippen LogP contribution in [0.1, 0.15) is 40.6 Å². The second-order valence-electron chi connectivity index (χ2n) is 7.11. The van der Waals surface area contributed by atoms with Gasteiger partial charge in [-0.1, -0.05) is 11.6 Å². The molecule has 1 aliphatic carbocycles. The Morgan fingerprint density at radius 3 is 2.43 bits per heavy atom. The lowest BCUT2D eigenvalue weighted by Crippen LogP contribution is -2.45. The fourth-order valence-electron chi connectivity index (χ4n) is 3.59. The van der Waals surface area contributed by atoms with Crippen molar-refractivity contribution in [3.63, 3.8) is 0 Å². The van der Waals surface area contributed by atoms with E-state index in [2.05, 4.69) is 5.32 Å². The Morgan fingerprint density at radius 1 is 1.20 bits per heavy atom. The van der Waals surface area contributed by atoms with Crippen LogP contribution in [-0.2, 0) is 32.4 Å². The standard InChI is InChI=1S/C20H23ClN2O5S2/c1-12(23(30(3,26)27)14-10-8-13(21)9-11-14)18(24)22-19-17(20(25)28-2)15-6-4-5-7-16(15)29-19/h8-12H,4-7H2,1-3H3,(H,22,24)/t12-/m0/s1. The van der Waals surface area contributed by atoms with Gasteiger partial charge in [0.2, 0.25) is 15.9 Å². The third kappa shape index (κ3) is 4.63. The highest BCUT2D eigenvalue weighted by atomic mass is 35.5. The Balaban J connectivity index is 1.93. The van der Waals surface area contributed by atoms with E-state index in [1.807, 2.05) is 0 Å². The van der Waals surface area contributed by atoms with Crippen molar-refractivity contribution >= 4 is 55.5 Å². The molecular weight excluding hydrogens is 448 g/mol. The molecule has 1 aliphatic rings. The van der Waals surface area contributed by atoms with Crippen molar-refractivity contribution < 1.29 is 22.7 Å². The van der Waals surface area contributed by atoms with Crippen molar-refractivity contribution in [3.8, 4) is 0 Å². The molecule has 0 spiro atoms. The number of sulfonamides is 1. The first-order chi connectivity index (χ1) is 14.1. The van der Waals surface area contributed by atoms with Crippen LogP contribution in [0.2, 0.25) is 5.02 Å². The van der Waals surface area contributed by atoms with Crippen LogP contribution < -0.4 is 9.62 Å². The summed E-state index contributed by atoms with van der Waals surface area (Å²) in [5.74, 6) is -1.05. The molecule has 1 aromatic heterocycles. The molecule has 0 unspecified atom stereocenters. The molecule has 30 heavy (non-hydrogen) atoms. The maximum Gasteiger partial charge on any atom is 0.341 e. The Bertz CT molecular complexity index is 1060. The average molecular weight is 471 g/mol. The molecule has 162 valence electrons. The van der Waals surface area contributed by atoms with Crippen molar-refractivity contribution in [1.82, 2.24) is 0 Å². The predicted molar refractivity (Wildman–Crippen MR) is 119 cm³/mol. The van der Waals surface area contributed by atoms with E-state index in [0.29, 0.717) is 21.3 Å². The van der Waals surface area contributed by atoms with Crippen LogP contribution in [0.3, 0.4) is 0 Å². The van der Waals surface area contributed by atoms with Gasteiger partial charge in [-0.15, -0.1) is 11.3 Å². The number of aryl methyl sites for hydroxylation is 1. The minimum atomic E-state index is -3.76. The summed E-state index contributed by atoms with van der Waals surface area (Å²) < 4.78 is 30.8. The van der Waals surface area contributed by atoms with E-state index in [0.717, 1.165) is 46.7 Å². The fourth-order valence-corrected chi connectivity index (χ4v) is 6.17. The van der Waals surface area contributed by atoms with Gasteiger partial charge in [-0.05, 0) is 62.4 Å². The molecule has 1 amide bonds. The Hall–Kier alpha value is -2.10. The van der Waals surface area contributed by atoms with Crippen molar-refractivity contribution in [2.75, 3.05) is 23.0 Å². The number of benzene rings is 1. The van der Waals surface area contributed by atoms with Crippen LogP contribution >= 0.6 is 22.9 Å². The number of methoxy groups -OCH3 is 1. The van der Waals surface area contributed by atoms with Gasteiger partial charge in [0, 0.05) is 9.90 Å². The zero-order chi connectivity index (χ0) is 22.1. The van der Waals surface area contributed by atoms with Gasteiger partial charge in [-0.2, -0.15) is 0 Å². The van der Waals surface area contributed by atoms with Crippen LogP contribution in [0, 0.1) is 0 Å². The average Bonchev–Trinajstić information content (AvgIpc) is 3.05. The lowest BCUT2D eigenvalue weighted by atomic mass is 9.95. The highest BCUT2D eigenvalue weighted by molar-refractivity contribution is 7.92. The largest absolute Gasteiger partial charge is 0.465 e. The van der Waals surface area contributed by atoms with E-state index >= 15 is 0 Å². The maximum absolute atomic E-state index is 13.0. The third-order valence-electron chi connectivity index (χ3n) is 4.97. The van der Waals surface area contributed by atoms with Crippen molar-refractivity contribution in [1.29, 1.82) is 0 Å². The summed E-state index contributed by atoms with van der Waals surface area (Å²) in [6.45, 7) is 1.50. The van der Waals surface area contributed by atoms with Gasteiger partial charge in [0.05, 0.1) is 24.6 Å². The van der Waals surface area contributed by atoms with E-state index in [9.17, 15) is 18.0 Å². The fraction of sp³-hybridized carbons (Fsp3) is 0.400. The number of carbonyl (C=O) groups excluding carboxylic acids is 2. The van der Waals surface area contributed by atoms with Crippen molar-refractivity contribution in [3.05, 3.63) is 45.3 Å². The number of hydrogen-bond acceptors (Lipinski definition) is 6. The highest BCUT2D eigenvalue weighted by Gasteiger charge is 2.32. The second-order valence-corrected chi connectivity index (χ2v) is 10.5. The smallest absolute Gasteiger partial charge is 0.341 e. The summed E-state index contributed by atoms with van der Waals surface area (Å²) in [5.41, 5.74) is 1.61. The summed E-state index contributed by atoms with van der Waals surface area (Å²) >= 11 is 7.25. The van der Waals surface area contributed by atoms with Crippen molar-refractivity contribution in [2.45, 2.75) is 38.6 Å². The number of anilines is 2. The zero-order valence-electron chi connectivity index (χ0n) is 16.9. The van der Waals surface area contributed by atoms with Gasteiger partial charge in [0.25, 0.3) is 0 Å². The summed E-state index contributed by atoms with van der Waals surface area (Å²) in [7, 11) is -2.46. The van der Waals surface area contributed by atoms with Gasteiger partial charge in [0.15, 0.2) is 0 Å². The molecule has 2 aromatic rings. The molecule has 0 fully saturated rings. The number of hydrogen-bond donors (Lipinski definition) is 1. The number of halogens is 1. The number of rotatable bonds is 6. The normalized spacial score (nSPS) is 14.5. The molecule has 0 radical (unpaired) electrons. The minimum Gasteiger partial charge on any atom is -0.465 e. The van der Waals surface area contributed by atoms with Gasteiger partial charge < -0.3 is 10.1 Å². The SMILES string of the molecule is COC(=O)c1c(NC(=O)[C@H](C)N(c2ccc(Cl)cc2)S(C)(=O)=O)sc2c1CCCC2. The second kappa shape index (κ2) is 8.95. The number of ether oxygens (including phenoxy) is 1. The van der Waals surface area contributed by atoms with Crippen LogP contribution in [-0.4, -0.2) is 39.7 Å². The van der Waals surface area contributed by atoms with Gasteiger partial charge >= 0.3 is 5.97 Å². The first kappa shape index (κ1) is 22.6. The molecule has 10 heteroatoms. The number of esters is 1. The molecule has 0 bridgehead atoms. The highest BCUT2D eigenvalue weighted by Crippen LogP contribution is 2.38. The number of fused-ring (bicyclic) bond motifs is 1.